The van der Waals surface area contributed by atoms with Crippen LogP contribution in [0.2, 0.25) is 0 Å². The monoisotopic (exact) mass is 516 g/mol. The van der Waals surface area contributed by atoms with E-state index < -0.39 is 11.9 Å². The Morgan fingerprint density at radius 3 is 1.97 bits per heavy atom. The summed E-state index contributed by atoms with van der Waals surface area (Å²) in [5.41, 5.74) is 1.09. The summed E-state index contributed by atoms with van der Waals surface area (Å²) < 4.78 is 21.1. The molecule has 2 aliphatic heterocycles. The van der Waals surface area contributed by atoms with E-state index in [2.05, 4.69) is 22.6 Å². The van der Waals surface area contributed by atoms with Gasteiger partial charge in [0.15, 0.2) is 23.0 Å². The molecule has 0 atom stereocenters. The average molecular weight is 516 g/mol. The molecule has 9 heteroatoms. The predicted octanol–water partition coefficient (Wildman–Crippen LogP) is 3.67. The molecular weight excluding hydrogens is 495 g/mol. The maximum absolute atomic E-state index is 10.8. The maximum atomic E-state index is 10.8. The molecule has 0 saturated heterocycles. The lowest BCUT2D eigenvalue weighted by molar-refractivity contribution is 0.0684. The standard InChI is InChI=1S/C10H10O4.C9H8O4.CH3I/c1-6-7(10(11)12)2-3-8-9(6)14-5-4-13-8;10-9(11)6-1-2-7-8(5-6)13-4-3-12-7;1-2/h2-3H,4-5H2,1H3,(H,11,12);1-2,5H,3-4H2,(H,10,11);1H3. The van der Waals surface area contributed by atoms with Gasteiger partial charge in [-0.15, -0.1) is 0 Å². The topological polar surface area (TPSA) is 112 Å². The SMILES string of the molecule is CI.Cc1c(C(=O)O)ccc2c1OCCO2.O=C(O)c1ccc2c(c1)OCCO2. The number of rotatable bonds is 2. The van der Waals surface area contributed by atoms with Gasteiger partial charge >= 0.3 is 11.9 Å². The van der Waals surface area contributed by atoms with Crippen LogP contribution in [0.5, 0.6) is 23.0 Å². The van der Waals surface area contributed by atoms with E-state index in [9.17, 15) is 9.59 Å². The minimum atomic E-state index is -0.961. The van der Waals surface area contributed by atoms with Gasteiger partial charge in [-0.05, 0) is 42.2 Å². The summed E-state index contributed by atoms with van der Waals surface area (Å²) in [4.78, 5) is 23.4. The van der Waals surface area contributed by atoms with Crippen LogP contribution >= 0.6 is 22.6 Å². The molecule has 2 heterocycles. The first kappa shape index (κ1) is 22.6. The van der Waals surface area contributed by atoms with E-state index in [-0.39, 0.29) is 11.1 Å². The number of fused-ring (bicyclic) bond motifs is 2. The number of alkyl halides is 1. The zero-order valence-electron chi connectivity index (χ0n) is 15.9. The zero-order chi connectivity index (χ0) is 21.4. The van der Waals surface area contributed by atoms with Crippen molar-refractivity contribution in [2.45, 2.75) is 6.92 Å². The Balaban J connectivity index is 0.000000191. The van der Waals surface area contributed by atoms with Crippen molar-refractivity contribution in [2.24, 2.45) is 0 Å². The molecule has 0 saturated carbocycles. The van der Waals surface area contributed by atoms with Crippen molar-refractivity contribution in [2.75, 3.05) is 31.4 Å². The van der Waals surface area contributed by atoms with Gasteiger partial charge in [0.25, 0.3) is 0 Å². The summed E-state index contributed by atoms with van der Waals surface area (Å²) in [6.45, 7) is 3.68. The van der Waals surface area contributed by atoms with Crippen LogP contribution in [0, 0.1) is 6.92 Å². The molecule has 156 valence electrons. The smallest absolute Gasteiger partial charge is 0.336 e. The Kier molecular flexibility index (Phi) is 8.37. The number of carboxylic acid groups (broad SMARTS) is 2. The Labute approximate surface area is 181 Å². The fraction of sp³-hybridized carbons (Fsp3) is 0.300. The second-order valence-corrected chi connectivity index (χ2v) is 5.73. The fourth-order valence-electron chi connectivity index (χ4n) is 2.66. The molecule has 2 aromatic carbocycles. The molecule has 0 amide bonds. The van der Waals surface area contributed by atoms with Crippen LogP contribution in [0.1, 0.15) is 26.3 Å². The van der Waals surface area contributed by atoms with Crippen LogP contribution in [0.3, 0.4) is 0 Å². The third-order valence-corrected chi connectivity index (χ3v) is 3.98. The van der Waals surface area contributed by atoms with E-state index >= 15 is 0 Å². The van der Waals surface area contributed by atoms with Crippen LogP contribution < -0.4 is 18.9 Å². The third-order valence-electron chi connectivity index (χ3n) is 3.98. The molecule has 0 spiro atoms. The summed E-state index contributed by atoms with van der Waals surface area (Å²) >= 11 is 2.15. The Bertz CT molecular complexity index is 881. The Hall–Kier alpha value is -2.69. The van der Waals surface area contributed by atoms with Crippen molar-refractivity contribution >= 4 is 34.5 Å². The van der Waals surface area contributed by atoms with E-state index in [4.69, 9.17) is 29.2 Å². The number of carbonyl (C=O) groups is 2. The molecule has 2 aromatic rings. The average Bonchev–Trinajstić information content (AvgIpc) is 2.75. The highest BCUT2D eigenvalue weighted by atomic mass is 127. The molecule has 0 aliphatic carbocycles. The van der Waals surface area contributed by atoms with Gasteiger partial charge < -0.3 is 29.2 Å². The summed E-state index contributed by atoms with van der Waals surface area (Å²) in [6, 6.07) is 7.74. The minimum Gasteiger partial charge on any atom is -0.486 e. The lowest BCUT2D eigenvalue weighted by atomic mass is 10.1. The zero-order valence-corrected chi connectivity index (χ0v) is 18.1. The quantitative estimate of drug-likeness (QED) is 0.460. The molecule has 0 fully saturated rings. The van der Waals surface area contributed by atoms with E-state index in [0.29, 0.717) is 55.0 Å². The molecule has 2 N–H and O–H groups in total. The molecule has 0 unspecified atom stereocenters. The van der Waals surface area contributed by atoms with Crippen molar-refractivity contribution in [1.29, 1.82) is 0 Å². The number of hydrogen-bond donors (Lipinski definition) is 2. The van der Waals surface area contributed by atoms with Gasteiger partial charge in [0, 0.05) is 5.56 Å². The second kappa shape index (κ2) is 10.7. The molecule has 8 nitrogen and oxygen atoms in total. The van der Waals surface area contributed by atoms with Gasteiger partial charge in [-0.1, -0.05) is 22.6 Å². The minimum absolute atomic E-state index is 0.212. The highest BCUT2D eigenvalue weighted by Gasteiger charge is 2.19. The normalized spacial score (nSPS) is 13.1. The van der Waals surface area contributed by atoms with Crippen molar-refractivity contribution in [3.05, 3.63) is 47.0 Å². The highest BCUT2D eigenvalue weighted by molar-refractivity contribution is 14.1. The molecule has 2 aliphatic rings. The number of halogens is 1. The van der Waals surface area contributed by atoms with Gasteiger partial charge in [-0.25, -0.2) is 9.59 Å². The summed E-state index contributed by atoms with van der Waals surface area (Å²) in [6.07, 6.45) is 0. The van der Waals surface area contributed by atoms with Crippen LogP contribution in [0.25, 0.3) is 0 Å². The van der Waals surface area contributed by atoms with E-state index in [1.807, 2.05) is 4.93 Å². The van der Waals surface area contributed by atoms with Crippen LogP contribution in [0.15, 0.2) is 30.3 Å². The van der Waals surface area contributed by atoms with E-state index in [1.54, 1.807) is 19.1 Å². The molecular formula is C20H21IO8. The first-order chi connectivity index (χ1) is 14.0. The maximum Gasteiger partial charge on any atom is 0.336 e. The summed E-state index contributed by atoms with van der Waals surface area (Å²) in [5.74, 6) is 0.383. The lowest BCUT2D eigenvalue weighted by Crippen LogP contribution is -2.17. The van der Waals surface area contributed by atoms with E-state index in [0.717, 1.165) is 0 Å². The number of hydrogen-bond acceptors (Lipinski definition) is 6. The van der Waals surface area contributed by atoms with Gasteiger partial charge in [0.05, 0.1) is 11.1 Å². The van der Waals surface area contributed by atoms with Crippen molar-refractivity contribution < 1.29 is 38.7 Å². The van der Waals surface area contributed by atoms with E-state index in [1.165, 1.54) is 18.2 Å². The molecule has 4 rings (SSSR count). The number of aromatic carboxylic acids is 2. The Morgan fingerprint density at radius 1 is 0.793 bits per heavy atom. The molecule has 0 radical (unpaired) electrons. The first-order valence-corrected chi connectivity index (χ1v) is 10.8. The van der Waals surface area contributed by atoms with Crippen molar-refractivity contribution in [1.82, 2.24) is 0 Å². The first-order valence-electron chi connectivity index (χ1n) is 8.60. The number of ether oxygens (including phenoxy) is 4. The van der Waals surface area contributed by atoms with Crippen LogP contribution in [-0.2, 0) is 0 Å². The van der Waals surface area contributed by atoms with Crippen molar-refractivity contribution in [3.63, 3.8) is 0 Å². The summed E-state index contributed by atoms with van der Waals surface area (Å²) in [5, 5.41) is 17.6. The van der Waals surface area contributed by atoms with Crippen LogP contribution in [0.4, 0.5) is 0 Å². The Morgan fingerprint density at radius 2 is 1.34 bits per heavy atom. The van der Waals surface area contributed by atoms with Gasteiger partial charge in [0.2, 0.25) is 0 Å². The van der Waals surface area contributed by atoms with Gasteiger partial charge in [-0.2, -0.15) is 0 Å². The highest BCUT2D eigenvalue weighted by Crippen LogP contribution is 2.35. The summed E-state index contributed by atoms with van der Waals surface area (Å²) in [7, 11) is 0. The van der Waals surface area contributed by atoms with Gasteiger partial charge in [0.1, 0.15) is 26.4 Å². The molecule has 0 bridgehead atoms. The number of benzene rings is 2. The van der Waals surface area contributed by atoms with Crippen LogP contribution in [-0.4, -0.2) is 53.5 Å². The second-order valence-electron chi connectivity index (χ2n) is 5.73. The largest absolute Gasteiger partial charge is 0.486 e. The number of carboxylic acids is 2. The lowest BCUT2D eigenvalue weighted by Gasteiger charge is -2.20. The van der Waals surface area contributed by atoms with Gasteiger partial charge in [-0.3, -0.25) is 0 Å². The fourth-order valence-corrected chi connectivity index (χ4v) is 2.66. The molecule has 0 aromatic heterocycles. The molecule has 29 heavy (non-hydrogen) atoms. The predicted molar refractivity (Wildman–Crippen MR) is 113 cm³/mol. The van der Waals surface area contributed by atoms with Crippen molar-refractivity contribution in [3.8, 4) is 23.0 Å². The third kappa shape index (κ3) is 5.66.